The largest absolute Gasteiger partial charge is 0.331 e. The lowest BCUT2D eigenvalue weighted by atomic mass is 10.3. The molecular formula is C13H19N3S. The molecule has 0 aliphatic carbocycles. The van der Waals surface area contributed by atoms with Crippen LogP contribution < -0.4 is 5.32 Å². The molecule has 2 aromatic heterocycles. The summed E-state index contributed by atoms with van der Waals surface area (Å²) in [6, 6.07) is 4.69. The van der Waals surface area contributed by atoms with Crippen molar-refractivity contribution in [3.05, 3.63) is 40.1 Å². The topological polar surface area (TPSA) is 29.9 Å². The van der Waals surface area contributed by atoms with E-state index in [2.05, 4.69) is 53.2 Å². The summed E-state index contributed by atoms with van der Waals surface area (Å²) in [5, 5.41) is 5.60. The third-order valence-corrected chi connectivity index (χ3v) is 3.96. The fourth-order valence-corrected chi connectivity index (χ4v) is 2.55. The Morgan fingerprint density at radius 2 is 2.29 bits per heavy atom. The molecule has 0 saturated heterocycles. The fourth-order valence-electron chi connectivity index (χ4n) is 1.88. The van der Waals surface area contributed by atoms with E-state index in [4.69, 9.17) is 0 Å². The van der Waals surface area contributed by atoms with Crippen LogP contribution >= 0.6 is 11.3 Å². The highest BCUT2D eigenvalue weighted by Gasteiger charge is 2.08. The van der Waals surface area contributed by atoms with Crippen LogP contribution in [-0.2, 0) is 6.54 Å². The average molecular weight is 249 g/mol. The number of aromatic nitrogens is 2. The van der Waals surface area contributed by atoms with Crippen molar-refractivity contribution in [1.82, 2.24) is 14.9 Å². The fraction of sp³-hybridized carbons (Fsp3) is 0.462. The first-order valence-corrected chi connectivity index (χ1v) is 6.79. The number of thiophene rings is 1. The second-order valence-electron chi connectivity index (χ2n) is 4.38. The molecule has 0 aliphatic heterocycles. The van der Waals surface area contributed by atoms with Crippen molar-refractivity contribution in [3.63, 3.8) is 0 Å². The Morgan fingerprint density at radius 1 is 1.47 bits per heavy atom. The smallest absolute Gasteiger partial charge is 0.0954 e. The van der Waals surface area contributed by atoms with Crippen LogP contribution in [0.25, 0.3) is 0 Å². The molecule has 2 heterocycles. The van der Waals surface area contributed by atoms with E-state index >= 15 is 0 Å². The summed E-state index contributed by atoms with van der Waals surface area (Å²) in [6.07, 6.45) is 1.93. The van der Waals surface area contributed by atoms with Gasteiger partial charge in [0.05, 0.1) is 12.0 Å². The molecule has 2 rings (SSSR count). The van der Waals surface area contributed by atoms with Crippen molar-refractivity contribution in [2.45, 2.75) is 33.4 Å². The molecule has 0 amide bonds. The zero-order valence-corrected chi connectivity index (χ0v) is 11.4. The van der Waals surface area contributed by atoms with Gasteiger partial charge in [-0.05, 0) is 32.2 Å². The van der Waals surface area contributed by atoms with Gasteiger partial charge in [0.15, 0.2) is 0 Å². The Bertz CT molecular complexity index is 459. The van der Waals surface area contributed by atoms with Gasteiger partial charge in [-0.1, -0.05) is 6.07 Å². The highest BCUT2D eigenvalue weighted by atomic mass is 32.1. The van der Waals surface area contributed by atoms with Crippen LogP contribution in [0.2, 0.25) is 0 Å². The minimum atomic E-state index is 0.441. The van der Waals surface area contributed by atoms with E-state index in [-0.39, 0.29) is 0 Å². The number of rotatable bonds is 5. The average Bonchev–Trinajstić information content (AvgIpc) is 2.91. The molecule has 0 aromatic carbocycles. The molecule has 3 nitrogen and oxygen atoms in total. The first kappa shape index (κ1) is 12.3. The summed E-state index contributed by atoms with van der Waals surface area (Å²) < 4.78 is 2.23. The summed E-state index contributed by atoms with van der Waals surface area (Å²) in [5.74, 6) is 0. The van der Waals surface area contributed by atoms with Gasteiger partial charge >= 0.3 is 0 Å². The maximum Gasteiger partial charge on any atom is 0.0954 e. The first-order valence-electron chi connectivity index (χ1n) is 5.91. The SMILES string of the molecule is Cc1ncn(C(C)CNCc2cccs2)c1C. The molecule has 0 aliphatic rings. The van der Waals surface area contributed by atoms with Crippen LogP contribution in [0, 0.1) is 13.8 Å². The van der Waals surface area contributed by atoms with Crippen molar-refractivity contribution in [2.75, 3.05) is 6.54 Å². The van der Waals surface area contributed by atoms with Crippen LogP contribution in [0.3, 0.4) is 0 Å². The highest BCUT2D eigenvalue weighted by Crippen LogP contribution is 2.12. The molecule has 0 saturated carbocycles. The Morgan fingerprint density at radius 3 is 2.88 bits per heavy atom. The molecule has 0 bridgehead atoms. The minimum Gasteiger partial charge on any atom is -0.331 e. The normalized spacial score (nSPS) is 12.9. The van der Waals surface area contributed by atoms with Crippen molar-refractivity contribution >= 4 is 11.3 Å². The summed E-state index contributed by atoms with van der Waals surface area (Å²) in [5.41, 5.74) is 2.38. The molecule has 92 valence electrons. The third-order valence-electron chi connectivity index (χ3n) is 3.08. The Labute approximate surface area is 107 Å². The van der Waals surface area contributed by atoms with E-state index in [0.29, 0.717) is 6.04 Å². The van der Waals surface area contributed by atoms with Gasteiger partial charge in [0, 0.05) is 29.7 Å². The monoisotopic (exact) mass is 249 g/mol. The predicted molar refractivity (Wildman–Crippen MR) is 72.4 cm³/mol. The number of aryl methyl sites for hydroxylation is 1. The molecular weight excluding hydrogens is 230 g/mol. The van der Waals surface area contributed by atoms with Gasteiger partial charge in [-0.3, -0.25) is 0 Å². The molecule has 1 N–H and O–H groups in total. The quantitative estimate of drug-likeness (QED) is 0.883. The van der Waals surface area contributed by atoms with Crippen LogP contribution in [0.5, 0.6) is 0 Å². The molecule has 2 aromatic rings. The van der Waals surface area contributed by atoms with Crippen molar-refractivity contribution in [1.29, 1.82) is 0 Å². The number of hydrogen-bond acceptors (Lipinski definition) is 3. The maximum absolute atomic E-state index is 4.33. The summed E-state index contributed by atoms with van der Waals surface area (Å²) in [6.45, 7) is 8.31. The van der Waals surface area contributed by atoms with E-state index in [9.17, 15) is 0 Å². The number of nitrogens with one attached hydrogen (secondary N) is 1. The van der Waals surface area contributed by atoms with Gasteiger partial charge in [-0.25, -0.2) is 4.98 Å². The lowest BCUT2D eigenvalue weighted by molar-refractivity contribution is 0.486. The zero-order chi connectivity index (χ0) is 12.3. The second kappa shape index (κ2) is 5.47. The first-order chi connectivity index (χ1) is 8.18. The number of nitrogens with zero attached hydrogens (tertiary/aromatic N) is 2. The molecule has 0 spiro atoms. The number of hydrogen-bond donors (Lipinski definition) is 1. The van der Waals surface area contributed by atoms with Crippen molar-refractivity contribution in [2.24, 2.45) is 0 Å². The lowest BCUT2D eigenvalue weighted by Gasteiger charge is -2.15. The zero-order valence-electron chi connectivity index (χ0n) is 10.6. The maximum atomic E-state index is 4.33. The highest BCUT2D eigenvalue weighted by molar-refractivity contribution is 7.09. The minimum absolute atomic E-state index is 0.441. The molecule has 1 unspecified atom stereocenters. The second-order valence-corrected chi connectivity index (χ2v) is 5.41. The van der Waals surface area contributed by atoms with E-state index in [1.807, 2.05) is 6.33 Å². The van der Waals surface area contributed by atoms with Crippen LogP contribution in [0.15, 0.2) is 23.8 Å². The van der Waals surface area contributed by atoms with Gasteiger partial charge in [0.1, 0.15) is 0 Å². The Hall–Kier alpha value is -1.13. The lowest BCUT2D eigenvalue weighted by Crippen LogP contribution is -2.23. The van der Waals surface area contributed by atoms with Crippen LogP contribution in [0.4, 0.5) is 0 Å². The van der Waals surface area contributed by atoms with Gasteiger partial charge in [0.25, 0.3) is 0 Å². The van der Waals surface area contributed by atoms with Gasteiger partial charge < -0.3 is 9.88 Å². The van der Waals surface area contributed by atoms with Crippen LogP contribution in [-0.4, -0.2) is 16.1 Å². The van der Waals surface area contributed by atoms with E-state index in [1.54, 1.807) is 11.3 Å². The molecule has 4 heteroatoms. The van der Waals surface area contributed by atoms with E-state index < -0.39 is 0 Å². The van der Waals surface area contributed by atoms with Gasteiger partial charge in [-0.2, -0.15) is 0 Å². The third kappa shape index (κ3) is 2.96. The molecule has 0 radical (unpaired) electrons. The molecule has 1 atom stereocenters. The van der Waals surface area contributed by atoms with Gasteiger partial charge in [0.2, 0.25) is 0 Å². The van der Waals surface area contributed by atoms with E-state index in [1.165, 1.54) is 10.6 Å². The molecule has 0 fully saturated rings. The summed E-state index contributed by atoms with van der Waals surface area (Å²) in [4.78, 5) is 5.72. The summed E-state index contributed by atoms with van der Waals surface area (Å²) >= 11 is 1.80. The van der Waals surface area contributed by atoms with E-state index in [0.717, 1.165) is 18.8 Å². The van der Waals surface area contributed by atoms with Gasteiger partial charge in [-0.15, -0.1) is 11.3 Å². The molecule has 17 heavy (non-hydrogen) atoms. The van der Waals surface area contributed by atoms with Crippen molar-refractivity contribution in [3.8, 4) is 0 Å². The summed E-state index contributed by atoms with van der Waals surface area (Å²) in [7, 11) is 0. The van der Waals surface area contributed by atoms with Crippen molar-refractivity contribution < 1.29 is 0 Å². The Balaban J connectivity index is 1.85. The number of imidazole rings is 1. The van der Waals surface area contributed by atoms with Crippen LogP contribution in [0.1, 0.15) is 29.2 Å². The standard InChI is InChI=1S/C13H19N3S/c1-10(16-9-15-11(2)12(16)3)7-14-8-13-5-4-6-17-13/h4-6,9-10,14H,7-8H2,1-3H3. The Kier molecular flexibility index (Phi) is 3.97. The predicted octanol–water partition coefficient (Wildman–Crippen LogP) is 2.91.